The van der Waals surface area contributed by atoms with Gasteiger partial charge in [0.15, 0.2) is 6.61 Å². The summed E-state index contributed by atoms with van der Waals surface area (Å²) in [7, 11) is 0. The average molecular weight is 429 g/mol. The second-order valence-electron chi connectivity index (χ2n) is 5.97. The summed E-state index contributed by atoms with van der Waals surface area (Å²) in [6, 6.07) is 13.9. The van der Waals surface area contributed by atoms with Gasteiger partial charge in [0.05, 0.1) is 9.93 Å². The van der Waals surface area contributed by atoms with E-state index in [0.717, 1.165) is 16.7 Å². The highest BCUT2D eigenvalue weighted by Crippen LogP contribution is 2.33. The van der Waals surface area contributed by atoms with Crippen molar-refractivity contribution in [1.82, 2.24) is 4.90 Å². The number of ether oxygens (including phenoxy) is 1. The Labute approximate surface area is 177 Å². The van der Waals surface area contributed by atoms with Crippen LogP contribution < -0.4 is 10.1 Å². The molecule has 2 aromatic rings. The van der Waals surface area contributed by atoms with Crippen molar-refractivity contribution in [3.05, 3.63) is 76.7 Å². The molecule has 1 heterocycles. The molecule has 1 saturated heterocycles. The maximum absolute atomic E-state index is 12.3. The molecule has 2 aromatic carbocycles. The van der Waals surface area contributed by atoms with Crippen LogP contribution in [0.15, 0.2) is 66.1 Å². The number of hydrogen-bond acceptors (Lipinski definition) is 5. The molecule has 1 fully saturated rings. The van der Waals surface area contributed by atoms with Crippen LogP contribution in [0, 0.1) is 0 Å². The number of carbonyl (C=O) groups is 3. The van der Waals surface area contributed by atoms with E-state index in [2.05, 4.69) is 11.9 Å². The summed E-state index contributed by atoms with van der Waals surface area (Å²) in [5.74, 6) is -0.340. The van der Waals surface area contributed by atoms with Gasteiger partial charge in [0.25, 0.3) is 17.1 Å². The van der Waals surface area contributed by atoms with Crippen molar-refractivity contribution in [3.63, 3.8) is 0 Å². The summed E-state index contributed by atoms with van der Waals surface area (Å²) < 4.78 is 5.47. The van der Waals surface area contributed by atoms with Crippen LogP contribution >= 0.6 is 23.4 Å². The molecular weight excluding hydrogens is 412 g/mol. The Morgan fingerprint density at radius 2 is 1.97 bits per heavy atom. The van der Waals surface area contributed by atoms with E-state index in [1.54, 1.807) is 36.4 Å². The van der Waals surface area contributed by atoms with Crippen LogP contribution in [0.25, 0.3) is 6.08 Å². The number of carbonyl (C=O) groups excluding carboxylic acids is 3. The molecule has 0 bridgehead atoms. The number of halogens is 1. The Morgan fingerprint density at radius 1 is 1.21 bits per heavy atom. The number of thioether (sulfide) groups is 1. The van der Waals surface area contributed by atoms with Gasteiger partial charge < -0.3 is 10.1 Å². The third-order valence-corrected chi connectivity index (χ3v) is 5.06. The number of nitrogens with one attached hydrogen (secondary N) is 1. The van der Waals surface area contributed by atoms with Crippen molar-refractivity contribution in [2.75, 3.05) is 18.5 Å². The van der Waals surface area contributed by atoms with E-state index in [1.165, 1.54) is 6.08 Å². The number of benzene rings is 2. The molecule has 3 rings (SSSR count). The zero-order valence-corrected chi connectivity index (χ0v) is 16.8. The smallest absolute Gasteiger partial charge is 0.293 e. The molecular formula is C21H17ClN2O4S. The van der Waals surface area contributed by atoms with Gasteiger partial charge >= 0.3 is 0 Å². The number of nitrogens with zero attached hydrogens (tertiary/aromatic N) is 1. The molecule has 8 heteroatoms. The lowest BCUT2D eigenvalue weighted by atomic mass is 10.2. The monoisotopic (exact) mass is 428 g/mol. The topological polar surface area (TPSA) is 75.7 Å². The Balaban J connectivity index is 1.63. The van der Waals surface area contributed by atoms with Crippen LogP contribution in [0.2, 0.25) is 5.02 Å². The van der Waals surface area contributed by atoms with Gasteiger partial charge in [0.2, 0.25) is 0 Å². The highest BCUT2D eigenvalue weighted by molar-refractivity contribution is 8.18. The number of hydrogen-bond donors (Lipinski definition) is 1. The number of anilines is 1. The van der Waals surface area contributed by atoms with Crippen molar-refractivity contribution in [3.8, 4) is 5.75 Å². The molecule has 0 atom stereocenters. The lowest BCUT2D eigenvalue weighted by molar-refractivity contribution is -0.122. The average Bonchev–Trinajstić information content (AvgIpc) is 2.96. The van der Waals surface area contributed by atoms with E-state index in [1.807, 2.05) is 18.2 Å². The van der Waals surface area contributed by atoms with E-state index in [9.17, 15) is 14.4 Å². The van der Waals surface area contributed by atoms with Crippen LogP contribution in [-0.4, -0.2) is 35.1 Å². The maximum atomic E-state index is 12.3. The zero-order chi connectivity index (χ0) is 20.8. The normalized spacial score (nSPS) is 14.9. The molecule has 0 spiro atoms. The second-order valence-corrected chi connectivity index (χ2v) is 7.37. The third kappa shape index (κ3) is 5.28. The van der Waals surface area contributed by atoms with Crippen molar-refractivity contribution in [1.29, 1.82) is 0 Å². The maximum Gasteiger partial charge on any atom is 0.293 e. The van der Waals surface area contributed by atoms with Crippen LogP contribution in [0.3, 0.4) is 0 Å². The molecule has 0 radical (unpaired) electrons. The summed E-state index contributed by atoms with van der Waals surface area (Å²) >= 11 is 7.10. The minimum absolute atomic E-state index is 0.167. The van der Waals surface area contributed by atoms with Crippen LogP contribution in [0.5, 0.6) is 5.75 Å². The molecule has 0 aliphatic carbocycles. The lowest BCUT2D eigenvalue weighted by Crippen LogP contribution is -2.27. The Morgan fingerprint density at radius 3 is 2.66 bits per heavy atom. The number of imide groups is 1. The summed E-state index contributed by atoms with van der Waals surface area (Å²) in [6.45, 7) is 3.51. The standard InChI is InChI=1S/C21H17ClN2O4S/c1-2-10-24-20(26)18(29-21(24)27)12-14-8-9-17(16(22)11-14)28-13-19(25)23-15-6-4-3-5-7-15/h2-9,11-12H,1,10,13H2,(H,23,25)/b18-12+. The largest absolute Gasteiger partial charge is 0.482 e. The van der Waals surface area contributed by atoms with Gasteiger partial charge in [0, 0.05) is 12.2 Å². The summed E-state index contributed by atoms with van der Waals surface area (Å²) in [6.07, 6.45) is 3.09. The lowest BCUT2D eigenvalue weighted by Gasteiger charge is -2.09. The SMILES string of the molecule is C=CCN1C(=O)S/C(=C/c2ccc(OCC(=O)Nc3ccccc3)c(Cl)c2)C1=O. The van der Waals surface area contributed by atoms with Crippen molar-refractivity contribution < 1.29 is 19.1 Å². The Hall–Kier alpha value is -3.03. The van der Waals surface area contributed by atoms with Gasteiger partial charge in [-0.25, -0.2) is 0 Å². The van der Waals surface area contributed by atoms with Gasteiger partial charge in [-0.3, -0.25) is 19.3 Å². The second kappa shape index (κ2) is 9.45. The first-order valence-electron chi connectivity index (χ1n) is 8.61. The van der Waals surface area contributed by atoms with E-state index in [4.69, 9.17) is 16.3 Å². The van der Waals surface area contributed by atoms with Gasteiger partial charge in [-0.05, 0) is 47.7 Å². The first-order valence-corrected chi connectivity index (χ1v) is 9.81. The van der Waals surface area contributed by atoms with Crippen LogP contribution in [0.1, 0.15) is 5.56 Å². The molecule has 1 aliphatic rings. The number of amides is 3. The fourth-order valence-electron chi connectivity index (χ4n) is 2.52. The fourth-order valence-corrected chi connectivity index (χ4v) is 3.62. The van der Waals surface area contributed by atoms with E-state index in [0.29, 0.717) is 21.9 Å². The fraction of sp³-hybridized carbons (Fsp3) is 0.0952. The predicted molar refractivity (Wildman–Crippen MR) is 115 cm³/mol. The van der Waals surface area contributed by atoms with Gasteiger partial charge in [-0.2, -0.15) is 0 Å². The van der Waals surface area contributed by atoms with Gasteiger partial charge in [0.1, 0.15) is 5.75 Å². The van der Waals surface area contributed by atoms with E-state index >= 15 is 0 Å². The van der Waals surface area contributed by atoms with Crippen molar-refractivity contribution >= 4 is 52.2 Å². The highest BCUT2D eigenvalue weighted by atomic mass is 35.5. The quantitative estimate of drug-likeness (QED) is 0.516. The van der Waals surface area contributed by atoms with E-state index < -0.39 is 0 Å². The molecule has 0 aromatic heterocycles. The summed E-state index contributed by atoms with van der Waals surface area (Å²) in [5, 5.41) is 2.67. The molecule has 0 saturated carbocycles. The summed E-state index contributed by atoms with van der Waals surface area (Å²) in [4.78, 5) is 37.5. The molecule has 0 unspecified atom stereocenters. The highest BCUT2D eigenvalue weighted by Gasteiger charge is 2.34. The minimum atomic E-state index is -0.367. The van der Waals surface area contributed by atoms with Crippen molar-refractivity contribution in [2.24, 2.45) is 0 Å². The van der Waals surface area contributed by atoms with E-state index in [-0.39, 0.29) is 35.2 Å². The molecule has 148 valence electrons. The number of para-hydroxylation sites is 1. The first-order chi connectivity index (χ1) is 14.0. The summed E-state index contributed by atoms with van der Waals surface area (Å²) in [5.41, 5.74) is 1.31. The molecule has 3 amide bonds. The van der Waals surface area contributed by atoms with Gasteiger partial charge in [-0.15, -0.1) is 6.58 Å². The third-order valence-electron chi connectivity index (χ3n) is 3.86. The Kier molecular flexibility index (Phi) is 6.74. The van der Waals surface area contributed by atoms with Gasteiger partial charge in [-0.1, -0.05) is 41.9 Å². The van der Waals surface area contributed by atoms with Crippen LogP contribution in [-0.2, 0) is 9.59 Å². The molecule has 6 nitrogen and oxygen atoms in total. The first kappa shape index (κ1) is 20.7. The Bertz CT molecular complexity index is 991. The predicted octanol–water partition coefficient (Wildman–Crippen LogP) is 4.58. The van der Waals surface area contributed by atoms with Crippen LogP contribution in [0.4, 0.5) is 10.5 Å². The molecule has 29 heavy (non-hydrogen) atoms. The zero-order valence-electron chi connectivity index (χ0n) is 15.3. The van der Waals surface area contributed by atoms with Crippen molar-refractivity contribution in [2.45, 2.75) is 0 Å². The molecule has 1 aliphatic heterocycles. The minimum Gasteiger partial charge on any atom is -0.482 e. The number of rotatable bonds is 7. The molecule has 1 N–H and O–H groups in total.